The minimum Gasteiger partial charge on any atom is -0.481 e. The Kier molecular flexibility index (Phi) is 9.89. The van der Waals surface area contributed by atoms with Crippen molar-refractivity contribution >= 4 is 23.8 Å². The number of hydrogen-bond donors (Lipinski definition) is 2. The minimum absolute atomic E-state index is 0.0196. The fourth-order valence-corrected chi connectivity index (χ4v) is 13.7. The van der Waals surface area contributed by atoms with Crippen molar-refractivity contribution in [1.82, 2.24) is 5.32 Å². The van der Waals surface area contributed by atoms with Crippen LogP contribution in [-0.4, -0.2) is 41.1 Å². The molecular formula is C44H63NO7. The van der Waals surface area contributed by atoms with Crippen LogP contribution in [0.15, 0.2) is 30.3 Å². The monoisotopic (exact) mass is 717 g/mol. The van der Waals surface area contributed by atoms with E-state index < -0.39 is 11.9 Å². The summed E-state index contributed by atoms with van der Waals surface area (Å²) in [7, 11) is 0. The summed E-state index contributed by atoms with van der Waals surface area (Å²) >= 11 is 0. The molecule has 13 unspecified atom stereocenters. The number of fused-ring (bicyclic) bond motifs is 7. The van der Waals surface area contributed by atoms with Gasteiger partial charge in [-0.3, -0.25) is 19.2 Å². The van der Waals surface area contributed by atoms with E-state index in [2.05, 4.69) is 39.9 Å². The van der Waals surface area contributed by atoms with Gasteiger partial charge in [-0.2, -0.15) is 0 Å². The van der Waals surface area contributed by atoms with Crippen LogP contribution in [0.25, 0.3) is 0 Å². The number of carboxylic acid groups (broad SMARTS) is 1. The van der Waals surface area contributed by atoms with Crippen LogP contribution < -0.4 is 5.32 Å². The van der Waals surface area contributed by atoms with Crippen LogP contribution in [0.1, 0.15) is 131 Å². The van der Waals surface area contributed by atoms with Crippen molar-refractivity contribution in [2.45, 2.75) is 144 Å². The van der Waals surface area contributed by atoms with Gasteiger partial charge in [0.05, 0.1) is 23.7 Å². The first-order chi connectivity index (χ1) is 24.6. The van der Waals surface area contributed by atoms with E-state index in [1.807, 2.05) is 30.3 Å². The molecule has 0 radical (unpaired) electrons. The molecule has 14 atom stereocenters. The Morgan fingerprint density at radius 2 is 1.60 bits per heavy atom. The van der Waals surface area contributed by atoms with Crippen molar-refractivity contribution in [1.29, 1.82) is 0 Å². The zero-order valence-electron chi connectivity index (χ0n) is 32.5. The predicted octanol–water partition coefficient (Wildman–Crippen LogP) is 8.36. The first-order valence-corrected chi connectivity index (χ1v) is 20.6. The molecule has 1 amide bonds. The maximum atomic E-state index is 14.5. The number of hydrogen-bond acceptors (Lipinski definition) is 6. The van der Waals surface area contributed by atoms with E-state index >= 15 is 0 Å². The van der Waals surface area contributed by atoms with Gasteiger partial charge in [-0.05, 0) is 128 Å². The lowest BCUT2D eigenvalue weighted by Crippen LogP contribution is -2.66. The molecule has 52 heavy (non-hydrogen) atoms. The molecule has 0 spiro atoms. The zero-order chi connectivity index (χ0) is 37.2. The van der Waals surface area contributed by atoms with Crippen molar-refractivity contribution < 1.29 is 33.8 Å². The average molecular weight is 718 g/mol. The SMILES string of the molecule is CC(CC(=O)OC1CCC2(C)C(CCC3(C)C2CCC2C4CCCC4(C(=O)NC4CC(C(=O)OCc5ccccc5)C4C)CC[C@]23C)C1C)C(=O)O. The van der Waals surface area contributed by atoms with Crippen LogP contribution in [0.3, 0.4) is 0 Å². The number of ether oxygens (including phenoxy) is 2. The Labute approximate surface area is 310 Å². The molecule has 8 nitrogen and oxygen atoms in total. The van der Waals surface area contributed by atoms with Gasteiger partial charge in [0.2, 0.25) is 5.91 Å². The molecule has 6 aliphatic carbocycles. The summed E-state index contributed by atoms with van der Waals surface area (Å²) in [6.07, 6.45) is 12.2. The fraction of sp³-hybridized carbons (Fsp3) is 0.773. The molecule has 8 heteroatoms. The molecule has 6 fully saturated rings. The van der Waals surface area contributed by atoms with E-state index in [0.29, 0.717) is 30.1 Å². The van der Waals surface area contributed by atoms with Crippen molar-refractivity contribution in [3.05, 3.63) is 35.9 Å². The van der Waals surface area contributed by atoms with Gasteiger partial charge >= 0.3 is 17.9 Å². The Bertz CT molecular complexity index is 1550. The lowest BCUT2D eigenvalue weighted by atomic mass is 9.33. The van der Waals surface area contributed by atoms with E-state index in [4.69, 9.17) is 9.47 Å². The molecule has 0 aromatic heterocycles. The summed E-state index contributed by atoms with van der Waals surface area (Å²) in [5, 5.41) is 12.8. The number of esters is 2. The largest absolute Gasteiger partial charge is 0.481 e. The molecule has 6 saturated carbocycles. The average Bonchev–Trinajstić information content (AvgIpc) is 3.56. The fourth-order valence-electron chi connectivity index (χ4n) is 13.7. The lowest BCUT2D eigenvalue weighted by Gasteiger charge is -2.71. The van der Waals surface area contributed by atoms with Gasteiger partial charge in [0, 0.05) is 6.04 Å². The zero-order valence-corrected chi connectivity index (χ0v) is 32.5. The molecule has 1 aromatic carbocycles. The lowest BCUT2D eigenvalue weighted by molar-refractivity contribution is -0.234. The second-order valence-electron chi connectivity index (χ2n) is 19.1. The molecule has 1 aromatic rings. The highest BCUT2D eigenvalue weighted by Crippen LogP contribution is 2.76. The molecule has 6 aliphatic rings. The summed E-state index contributed by atoms with van der Waals surface area (Å²) in [5.41, 5.74) is 1.20. The van der Waals surface area contributed by atoms with Gasteiger partial charge < -0.3 is 19.9 Å². The van der Waals surface area contributed by atoms with Gasteiger partial charge in [-0.1, -0.05) is 78.3 Å². The Hall–Kier alpha value is -2.90. The molecule has 0 aliphatic heterocycles. The highest BCUT2D eigenvalue weighted by molar-refractivity contribution is 5.84. The summed E-state index contributed by atoms with van der Waals surface area (Å²) in [5.74, 6) is 0.129. The van der Waals surface area contributed by atoms with Gasteiger partial charge in [-0.25, -0.2) is 0 Å². The number of rotatable bonds is 9. The van der Waals surface area contributed by atoms with Gasteiger partial charge in [0.15, 0.2) is 0 Å². The van der Waals surface area contributed by atoms with Crippen LogP contribution in [0.5, 0.6) is 0 Å². The molecule has 286 valence electrons. The molecular weight excluding hydrogens is 654 g/mol. The number of carboxylic acids is 1. The minimum atomic E-state index is -0.963. The number of carbonyl (C=O) groups excluding carboxylic acids is 3. The number of benzene rings is 1. The van der Waals surface area contributed by atoms with E-state index in [1.165, 1.54) is 19.3 Å². The number of amides is 1. The van der Waals surface area contributed by atoms with Gasteiger partial charge in [0.1, 0.15) is 12.7 Å². The van der Waals surface area contributed by atoms with Crippen molar-refractivity contribution in [2.75, 3.05) is 0 Å². The first kappa shape index (κ1) is 37.4. The van der Waals surface area contributed by atoms with E-state index in [1.54, 1.807) is 6.92 Å². The van der Waals surface area contributed by atoms with Crippen LogP contribution >= 0.6 is 0 Å². The summed E-state index contributed by atoms with van der Waals surface area (Å²) in [6.45, 7) is 13.9. The highest BCUT2D eigenvalue weighted by atomic mass is 16.5. The van der Waals surface area contributed by atoms with Gasteiger partial charge in [0.25, 0.3) is 0 Å². The van der Waals surface area contributed by atoms with Crippen molar-refractivity contribution in [3.63, 3.8) is 0 Å². The van der Waals surface area contributed by atoms with Crippen LogP contribution in [0.4, 0.5) is 0 Å². The second-order valence-corrected chi connectivity index (χ2v) is 19.1. The quantitative estimate of drug-likeness (QED) is 0.247. The van der Waals surface area contributed by atoms with Crippen molar-refractivity contribution in [2.24, 2.45) is 69.0 Å². The number of nitrogens with one attached hydrogen (secondary N) is 1. The van der Waals surface area contributed by atoms with Crippen molar-refractivity contribution in [3.8, 4) is 0 Å². The number of carbonyl (C=O) groups is 4. The Morgan fingerprint density at radius 3 is 2.31 bits per heavy atom. The molecule has 0 saturated heterocycles. The van der Waals surface area contributed by atoms with Gasteiger partial charge in [-0.15, -0.1) is 0 Å². The maximum Gasteiger partial charge on any atom is 0.309 e. The maximum absolute atomic E-state index is 14.5. The molecule has 7 rings (SSSR count). The third-order valence-corrected chi connectivity index (χ3v) is 17.1. The standard InChI is InChI=1S/C44H63NO7/c1-26(38(47)48)23-37(46)52-35-17-19-41(4)31(28(35)3)16-20-43(6)36(41)15-14-32-33-13-10-18-44(33,22-21-42(32,43)5)40(50)45-34-24-30(27(34)2)39(49)51-25-29-11-8-7-9-12-29/h7-9,11-12,26-28,30-36H,10,13-25H2,1-6H3,(H,45,50)(H,47,48)/t26?,27?,28?,30?,31?,32?,33?,34?,35?,36?,41?,42-,43?,44?/m1/s1. The summed E-state index contributed by atoms with van der Waals surface area (Å²) < 4.78 is 11.7. The smallest absolute Gasteiger partial charge is 0.309 e. The Morgan fingerprint density at radius 1 is 0.846 bits per heavy atom. The van der Waals surface area contributed by atoms with Crippen LogP contribution in [0.2, 0.25) is 0 Å². The van der Waals surface area contributed by atoms with E-state index in [9.17, 15) is 24.3 Å². The molecule has 2 N–H and O–H groups in total. The second kappa shape index (κ2) is 13.7. The predicted molar refractivity (Wildman–Crippen MR) is 197 cm³/mol. The van der Waals surface area contributed by atoms with E-state index in [0.717, 1.165) is 56.9 Å². The molecule has 0 bridgehead atoms. The Balaban J connectivity index is 1.00. The topological polar surface area (TPSA) is 119 Å². The summed E-state index contributed by atoms with van der Waals surface area (Å²) in [6, 6.07) is 9.80. The summed E-state index contributed by atoms with van der Waals surface area (Å²) in [4.78, 5) is 51.5. The van der Waals surface area contributed by atoms with Crippen LogP contribution in [-0.2, 0) is 35.3 Å². The van der Waals surface area contributed by atoms with E-state index in [-0.39, 0.29) is 82.4 Å². The third kappa shape index (κ3) is 5.91. The normalized spacial score (nSPS) is 44.0. The highest BCUT2D eigenvalue weighted by Gasteiger charge is 2.70. The third-order valence-electron chi connectivity index (χ3n) is 17.1. The first-order valence-electron chi connectivity index (χ1n) is 20.6. The van der Waals surface area contributed by atoms with Crippen LogP contribution in [0, 0.1) is 69.0 Å². The number of aliphatic carboxylic acids is 1. The molecule has 0 heterocycles.